The Morgan fingerprint density at radius 1 is 1.24 bits per heavy atom. The molecule has 17 heavy (non-hydrogen) atoms. The fourth-order valence-corrected chi connectivity index (χ4v) is 4.08. The van der Waals surface area contributed by atoms with Gasteiger partial charge in [0.25, 0.3) is 0 Å². The van der Waals surface area contributed by atoms with Gasteiger partial charge in [0.1, 0.15) is 4.90 Å². The van der Waals surface area contributed by atoms with Gasteiger partial charge in [-0.2, -0.15) is 0 Å². The fraction of sp³-hybridized carbons (Fsp3) is 0.455. The molecule has 0 aromatic heterocycles. The van der Waals surface area contributed by atoms with E-state index in [0.717, 1.165) is 4.90 Å². The van der Waals surface area contributed by atoms with Gasteiger partial charge >= 0.3 is 0 Å². The van der Waals surface area contributed by atoms with Crippen LogP contribution in [0, 0.1) is 0 Å². The van der Waals surface area contributed by atoms with Crippen molar-refractivity contribution >= 4 is 27.5 Å². The van der Waals surface area contributed by atoms with Crippen molar-refractivity contribution in [2.75, 3.05) is 5.73 Å². The van der Waals surface area contributed by atoms with E-state index >= 15 is 0 Å². The minimum Gasteiger partial charge on any atom is -0.398 e. The third-order valence-electron chi connectivity index (χ3n) is 2.90. The first-order chi connectivity index (χ1) is 7.97. The highest BCUT2D eigenvalue weighted by atomic mass is 32.2. The van der Waals surface area contributed by atoms with Crippen molar-refractivity contribution < 1.29 is 8.42 Å². The van der Waals surface area contributed by atoms with Crippen molar-refractivity contribution in [3.8, 4) is 0 Å². The van der Waals surface area contributed by atoms with E-state index in [1.54, 1.807) is 23.9 Å². The zero-order valence-corrected chi connectivity index (χ0v) is 11.1. The molecule has 0 radical (unpaired) electrons. The molecule has 1 aliphatic carbocycles. The molecular weight excluding hydrogens is 256 g/mol. The van der Waals surface area contributed by atoms with Gasteiger partial charge in [0.15, 0.2) is 0 Å². The van der Waals surface area contributed by atoms with Crippen molar-refractivity contribution in [2.24, 2.45) is 5.14 Å². The molecule has 0 saturated heterocycles. The van der Waals surface area contributed by atoms with Crippen LogP contribution in [0.2, 0.25) is 0 Å². The Bertz CT molecular complexity index is 508. The van der Waals surface area contributed by atoms with E-state index in [2.05, 4.69) is 0 Å². The molecular formula is C11H16N2O2S2. The number of nitrogen functional groups attached to an aromatic ring is 1. The summed E-state index contributed by atoms with van der Waals surface area (Å²) in [6.07, 6.45) is 4.91. The maximum absolute atomic E-state index is 11.3. The molecule has 0 atom stereocenters. The van der Waals surface area contributed by atoms with Gasteiger partial charge in [0, 0.05) is 10.1 Å². The topological polar surface area (TPSA) is 86.2 Å². The minimum atomic E-state index is -3.73. The smallest absolute Gasteiger partial charge is 0.240 e. The van der Waals surface area contributed by atoms with Gasteiger partial charge in [-0.25, -0.2) is 13.6 Å². The van der Waals surface area contributed by atoms with Crippen LogP contribution in [0.5, 0.6) is 0 Å². The van der Waals surface area contributed by atoms with Crippen LogP contribution in [0.1, 0.15) is 25.7 Å². The number of benzene rings is 1. The molecule has 0 aliphatic heterocycles. The number of nitrogens with two attached hydrogens (primary N) is 2. The molecule has 0 amide bonds. The molecule has 1 fully saturated rings. The van der Waals surface area contributed by atoms with Crippen molar-refractivity contribution in [1.82, 2.24) is 0 Å². The third kappa shape index (κ3) is 3.14. The Labute approximate surface area is 106 Å². The quantitative estimate of drug-likeness (QED) is 0.823. The lowest BCUT2D eigenvalue weighted by atomic mass is 10.3. The van der Waals surface area contributed by atoms with E-state index in [1.165, 1.54) is 25.7 Å². The fourth-order valence-electron chi connectivity index (χ4n) is 2.03. The Balaban J connectivity index is 2.24. The zero-order chi connectivity index (χ0) is 12.5. The zero-order valence-electron chi connectivity index (χ0n) is 9.43. The second kappa shape index (κ2) is 4.88. The second-order valence-corrected chi connectivity index (χ2v) is 7.17. The first-order valence-corrected chi connectivity index (χ1v) is 7.98. The number of thioether (sulfide) groups is 1. The van der Waals surface area contributed by atoms with Gasteiger partial charge in [0.05, 0.1) is 5.69 Å². The van der Waals surface area contributed by atoms with E-state index in [-0.39, 0.29) is 10.6 Å². The lowest BCUT2D eigenvalue weighted by Gasteiger charge is -2.10. The predicted octanol–water partition coefficient (Wildman–Crippen LogP) is 1.95. The minimum absolute atomic E-state index is 0.0282. The van der Waals surface area contributed by atoms with Crippen LogP contribution in [0.15, 0.2) is 28.0 Å². The first-order valence-electron chi connectivity index (χ1n) is 5.56. The van der Waals surface area contributed by atoms with Crippen LogP contribution in [-0.2, 0) is 10.0 Å². The van der Waals surface area contributed by atoms with E-state index in [1.807, 2.05) is 6.07 Å². The number of hydrogen-bond acceptors (Lipinski definition) is 4. The monoisotopic (exact) mass is 272 g/mol. The number of sulfonamides is 1. The van der Waals surface area contributed by atoms with Gasteiger partial charge < -0.3 is 5.73 Å². The van der Waals surface area contributed by atoms with E-state index in [9.17, 15) is 8.42 Å². The largest absolute Gasteiger partial charge is 0.398 e. The highest BCUT2D eigenvalue weighted by Crippen LogP contribution is 2.36. The van der Waals surface area contributed by atoms with Crippen molar-refractivity contribution in [3.63, 3.8) is 0 Å². The molecule has 6 heteroatoms. The summed E-state index contributed by atoms with van der Waals surface area (Å²) in [5.41, 5.74) is 5.83. The SMILES string of the molecule is Nc1ccc(SC2CCCC2)cc1S(N)(=O)=O. The van der Waals surface area contributed by atoms with E-state index in [4.69, 9.17) is 10.9 Å². The van der Waals surface area contributed by atoms with E-state index in [0.29, 0.717) is 5.25 Å². The summed E-state index contributed by atoms with van der Waals surface area (Å²) in [5, 5.41) is 5.71. The Kier molecular flexibility index (Phi) is 3.65. The average molecular weight is 272 g/mol. The van der Waals surface area contributed by atoms with Crippen molar-refractivity contribution in [1.29, 1.82) is 0 Å². The summed E-state index contributed by atoms with van der Waals surface area (Å²) in [6.45, 7) is 0. The van der Waals surface area contributed by atoms with Crippen LogP contribution in [-0.4, -0.2) is 13.7 Å². The van der Waals surface area contributed by atoms with Gasteiger partial charge in [-0.3, -0.25) is 0 Å². The lowest BCUT2D eigenvalue weighted by Crippen LogP contribution is -2.14. The highest BCUT2D eigenvalue weighted by Gasteiger charge is 2.18. The summed E-state index contributed by atoms with van der Waals surface area (Å²) >= 11 is 1.71. The molecule has 1 saturated carbocycles. The summed E-state index contributed by atoms with van der Waals surface area (Å²) in [7, 11) is -3.73. The van der Waals surface area contributed by atoms with Crippen LogP contribution in [0.3, 0.4) is 0 Å². The van der Waals surface area contributed by atoms with Gasteiger partial charge in [-0.1, -0.05) is 12.8 Å². The van der Waals surface area contributed by atoms with Crippen molar-refractivity contribution in [2.45, 2.75) is 40.7 Å². The molecule has 0 heterocycles. The summed E-state index contributed by atoms with van der Waals surface area (Å²) in [6, 6.07) is 5.04. The summed E-state index contributed by atoms with van der Waals surface area (Å²) in [4.78, 5) is 0.954. The standard InChI is InChI=1S/C11H16N2O2S2/c12-10-6-5-9(7-11(10)17(13,14)15)16-8-3-1-2-4-8/h5-8H,1-4,12H2,(H2,13,14,15). The first kappa shape index (κ1) is 12.7. The lowest BCUT2D eigenvalue weighted by molar-refractivity contribution is 0.598. The van der Waals surface area contributed by atoms with Gasteiger partial charge in [-0.15, -0.1) is 11.8 Å². The molecule has 0 spiro atoms. The van der Waals surface area contributed by atoms with Crippen LogP contribution in [0.4, 0.5) is 5.69 Å². The molecule has 0 unspecified atom stereocenters. The average Bonchev–Trinajstić information content (AvgIpc) is 2.72. The Morgan fingerprint density at radius 2 is 1.88 bits per heavy atom. The Hall–Kier alpha value is -0.720. The molecule has 1 aromatic rings. The number of primary sulfonamides is 1. The van der Waals surface area contributed by atoms with Crippen LogP contribution >= 0.6 is 11.8 Å². The van der Waals surface area contributed by atoms with E-state index < -0.39 is 10.0 Å². The number of hydrogen-bond donors (Lipinski definition) is 2. The molecule has 4 nitrogen and oxygen atoms in total. The number of rotatable bonds is 3. The molecule has 94 valence electrons. The van der Waals surface area contributed by atoms with Crippen molar-refractivity contribution in [3.05, 3.63) is 18.2 Å². The predicted molar refractivity (Wildman–Crippen MR) is 70.3 cm³/mol. The van der Waals surface area contributed by atoms with Gasteiger partial charge in [-0.05, 0) is 31.0 Å². The third-order valence-corrected chi connectivity index (χ3v) is 5.19. The molecule has 0 bridgehead atoms. The van der Waals surface area contributed by atoms with Crippen LogP contribution < -0.4 is 10.9 Å². The second-order valence-electron chi connectivity index (χ2n) is 4.27. The summed E-state index contributed by atoms with van der Waals surface area (Å²) in [5.74, 6) is 0. The molecule has 1 aromatic carbocycles. The van der Waals surface area contributed by atoms with Crippen LogP contribution in [0.25, 0.3) is 0 Å². The normalized spacial score (nSPS) is 17.5. The Morgan fingerprint density at radius 3 is 2.47 bits per heavy atom. The van der Waals surface area contributed by atoms with Gasteiger partial charge in [0.2, 0.25) is 10.0 Å². The highest BCUT2D eigenvalue weighted by molar-refractivity contribution is 8.00. The maximum Gasteiger partial charge on any atom is 0.240 e. The molecule has 4 N–H and O–H groups in total. The molecule has 1 aliphatic rings. The number of anilines is 1. The molecule has 2 rings (SSSR count). The summed E-state index contributed by atoms with van der Waals surface area (Å²) < 4.78 is 22.7. The maximum atomic E-state index is 11.3.